The van der Waals surface area contributed by atoms with Crippen LogP contribution in [0.25, 0.3) is 11.0 Å². The number of benzene rings is 3. The van der Waals surface area contributed by atoms with Crippen LogP contribution in [0.5, 0.6) is 5.75 Å². The van der Waals surface area contributed by atoms with E-state index in [0.29, 0.717) is 16.9 Å². The van der Waals surface area contributed by atoms with E-state index in [2.05, 4.69) is 39.4 Å². The van der Waals surface area contributed by atoms with Crippen molar-refractivity contribution in [1.29, 1.82) is 0 Å². The van der Waals surface area contributed by atoms with Gasteiger partial charge in [0.05, 0.1) is 0 Å². The molecular weight excluding hydrogens is 528 g/mol. The lowest BCUT2D eigenvalue weighted by molar-refractivity contribution is 0.0882. The van der Waals surface area contributed by atoms with Crippen molar-refractivity contribution in [3.8, 4) is 5.75 Å². The number of nitrogens with one attached hydrogen (secondary N) is 1. The van der Waals surface area contributed by atoms with Gasteiger partial charge < -0.3 is 20.2 Å². The van der Waals surface area contributed by atoms with E-state index in [1.807, 2.05) is 42.5 Å². The van der Waals surface area contributed by atoms with Gasteiger partial charge in [-0.15, -0.1) is 0 Å². The number of amides is 2. The van der Waals surface area contributed by atoms with Crippen molar-refractivity contribution in [2.24, 2.45) is 5.73 Å². The summed E-state index contributed by atoms with van der Waals surface area (Å²) in [5.41, 5.74) is 9.04. The van der Waals surface area contributed by atoms with Gasteiger partial charge in [-0.25, -0.2) is 0 Å². The van der Waals surface area contributed by atoms with Gasteiger partial charge in [0.2, 0.25) is 5.91 Å². The van der Waals surface area contributed by atoms with Crippen LogP contribution in [0.1, 0.15) is 57.7 Å². The molecule has 218 valence electrons. The first-order valence-corrected chi connectivity index (χ1v) is 14.9. The van der Waals surface area contributed by atoms with Crippen molar-refractivity contribution >= 4 is 22.8 Å². The van der Waals surface area contributed by atoms with Crippen molar-refractivity contribution in [2.45, 2.75) is 50.9 Å². The lowest BCUT2D eigenvalue weighted by Gasteiger charge is -2.32. The van der Waals surface area contributed by atoms with Crippen LogP contribution in [0.4, 0.5) is 0 Å². The molecule has 0 spiro atoms. The highest BCUT2D eigenvalue weighted by Gasteiger charge is 2.24. The molecule has 1 aromatic heterocycles. The van der Waals surface area contributed by atoms with Crippen molar-refractivity contribution in [2.75, 3.05) is 26.2 Å². The minimum Gasteiger partial charge on any atom is -0.490 e. The second kappa shape index (κ2) is 12.8. The van der Waals surface area contributed by atoms with Gasteiger partial charge in [-0.3, -0.25) is 19.4 Å². The zero-order valence-corrected chi connectivity index (χ0v) is 23.8. The maximum Gasteiger partial charge on any atom is 0.287 e. The van der Waals surface area contributed by atoms with Crippen LogP contribution in [-0.2, 0) is 13.1 Å². The highest BCUT2D eigenvalue weighted by Crippen LogP contribution is 2.27. The van der Waals surface area contributed by atoms with Crippen molar-refractivity contribution in [1.82, 2.24) is 15.1 Å². The number of primary amides is 1. The quantitative estimate of drug-likeness (QED) is 0.297. The molecule has 4 aromatic rings. The predicted molar refractivity (Wildman–Crippen MR) is 162 cm³/mol. The summed E-state index contributed by atoms with van der Waals surface area (Å²) >= 11 is 0. The average molecular weight is 567 g/mol. The van der Waals surface area contributed by atoms with Crippen LogP contribution < -0.4 is 15.8 Å². The standard InChI is InChI=1S/C34H38N4O4/c35-33(39)26-8-6-25(7-9-26)23-38-18-14-29(15-19-38)41-30-10-11-31-27(20-30)21-32(42-31)34(40)36-28-12-16-37(17-13-28)22-24-4-2-1-3-5-24/h1-11,20-21,28-29H,12-19,22-23H2,(H2,35,39)(H,36,40). The number of nitrogens with two attached hydrogens (primary N) is 1. The molecule has 3 N–H and O–H groups in total. The van der Waals surface area contributed by atoms with Gasteiger partial charge in [0.15, 0.2) is 5.76 Å². The summed E-state index contributed by atoms with van der Waals surface area (Å²) in [6, 6.07) is 25.7. The Kier molecular flexibility index (Phi) is 8.53. The van der Waals surface area contributed by atoms with Crippen molar-refractivity contribution in [3.63, 3.8) is 0 Å². The molecule has 0 radical (unpaired) electrons. The molecule has 0 aliphatic carbocycles. The fourth-order valence-electron chi connectivity index (χ4n) is 5.95. The Labute approximate surface area is 246 Å². The molecule has 2 saturated heterocycles. The van der Waals surface area contributed by atoms with Crippen LogP contribution in [0, 0.1) is 0 Å². The summed E-state index contributed by atoms with van der Waals surface area (Å²) in [7, 11) is 0. The molecule has 6 rings (SSSR count). The molecule has 2 aliphatic heterocycles. The Morgan fingerprint density at radius 2 is 1.45 bits per heavy atom. The van der Waals surface area contributed by atoms with E-state index in [4.69, 9.17) is 14.9 Å². The number of carbonyl (C=O) groups is 2. The smallest absolute Gasteiger partial charge is 0.287 e. The molecule has 0 saturated carbocycles. The number of fused-ring (bicyclic) bond motifs is 1. The highest BCUT2D eigenvalue weighted by molar-refractivity contribution is 5.96. The van der Waals surface area contributed by atoms with Gasteiger partial charge in [-0.05, 0) is 73.2 Å². The number of ether oxygens (including phenoxy) is 1. The molecule has 0 bridgehead atoms. The third-order valence-corrected chi connectivity index (χ3v) is 8.37. The summed E-state index contributed by atoms with van der Waals surface area (Å²) in [5, 5.41) is 4.04. The van der Waals surface area contributed by atoms with Crippen molar-refractivity contribution in [3.05, 3.63) is 101 Å². The number of nitrogens with zero attached hydrogens (tertiary/aromatic N) is 2. The summed E-state index contributed by atoms with van der Waals surface area (Å²) in [5.74, 6) is 0.568. The summed E-state index contributed by atoms with van der Waals surface area (Å²) < 4.78 is 12.2. The molecule has 0 atom stereocenters. The molecule has 3 heterocycles. The Morgan fingerprint density at radius 1 is 0.810 bits per heavy atom. The van der Waals surface area contributed by atoms with E-state index >= 15 is 0 Å². The molecule has 3 aromatic carbocycles. The monoisotopic (exact) mass is 566 g/mol. The van der Waals surface area contributed by atoms with Crippen LogP contribution in [0.15, 0.2) is 83.3 Å². The molecular formula is C34H38N4O4. The molecule has 2 fully saturated rings. The third-order valence-electron chi connectivity index (χ3n) is 8.37. The Hall–Kier alpha value is -4.14. The number of furan rings is 1. The van der Waals surface area contributed by atoms with E-state index < -0.39 is 5.91 Å². The van der Waals surface area contributed by atoms with Gasteiger partial charge in [-0.1, -0.05) is 42.5 Å². The van der Waals surface area contributed by atoms with Crippen LogP contribution in [-0.4, -0.2) is 59.9 Å². The molecule has 8 nitrogen and oxygen atoms in total. The highest BCUT2D eigenvalue weighted by atomic mass is 16.5. The van der Waals surface area contributed by atoms with Gasteiger partial charge in [-0.2, -0.15) is 0 Å². The lowest BCUT2D eigenvalue weighted by Crippen LogP contribution is -2.44. The first kappa shape index (κ1) is 28.0. The fraction of sp³-hybridized carbons (Fsp3) is 0.353. The number of likely N-dealkylation sites (tertiary alicyclic amines) is 2. The zero-order chi connectivity index (χ0) is 28.9. The largest absolute Gasteiger partial charge is 0.490 e. The normalized spacial score (nSPS) is 17.3. The lowest BCUT2D eigenvalue weighted by atomic mass is 10.0. The molecule has 8 heteroatoms. The Bertz CT molecular complexity index is 1500. The number of piperidine rings is 2. The van der Waals surface area contributed by atoms with Gasteiger partial charge >= 0.3 is 0 Å². The molecule has 0 unspecified atom stereocenters. The van der Waals surface area contributed by atoms with E-state index in [9.17, 15) is 9.59 Å². The summed E-state index contributed by atoms with van der Waals surface area (Å²) in [6.07, 6.45) is 3.86. The number of hydrogen-bond acceptors (Lipinski definition) is 6. The van der Waals surface area contributed by atoms with Gasteiger partial charge in [0.25, 0.3) is 5.91 Å². The predicted octanol–water partition coefficient (Wildman–Crippen LogP) is 4.97. The number of hydrogen-bond donors (Lipinski definition) is 2. The molecule has 2 amide bonds. The van der Waals surface area contributed by atoms with Crippen LogP contribution >= 0.6 is 0 Å². The van der Waals surface area contributed by atoms with E-state index in [0.717, 1.165) is 81.7 Å². The number of carbonyl (C=O) groups excluding carboxylic acids is 2. The summed E-state index contributed by atoms with van der Waals surface area (Å²) in [4.78, 5) is 29.1. The van der Waals surface area contributed by atoms with Gasteiger partial charge in [0, 0.05) is 56.3 Å². The summed E-state index contributed by atoms with van der Waals surface area (Å²) in [6.45, 7) is 5.58. The van der Waals surface area contributed by atoms with Crippen molar-refractivity contribution < 1.29 is 18.7 Å². The SMILES string of the molecule is NC(=O)c1ccc(CN2CCC(Oc3ccc4oc(C(=O)NC5CCN(Cc6ccccc6)CC5)cc4c3)CC2)cc1. The third kappa shape index (κ3) is 7.01. The Morgan fingerprint density at radius 3 is 2.12 bits per heavy atom. The van der Waals surface area contributed by atoms with Gasteiger partial charge in [0.1, 0.15) is 17.4 Å². The second-order valence-corrected chi connectivity index (χ2v) is 11.5. The van der Waals surface area contributed by atoms with E-state index in [1.54, 1.807) is 12.1 Å². The second-order valence-electron chi connectivity index (χ2n) is 11.5. The zero-order valence-electron chi connectivity index (χ0n) is 23.8. The van der Waals surface area contributed by atoms with E-state index in [-0.39, 0.29) is 18.1 Å². The maximum atomic E-state index is 13.0. The van der Waals surface area contributed by atoms with Crippen LogP contribution in [0.2, 0.25) is 0 Å². The topological polar surface area (TPSA) is 101 Å². The first-order valence-electron chi connectivity index (χ1n) is 14.9. The average Bonchev–Trinajstić information content (AvgIpc) is 3.44. The van der Waals surface area contributed by atoms with Crippen LogP contribution in [0.3, 0.4) is 0 Å². The minimum atomic E-state index is -0.404. The first-order chi connectivity index (χ1) is 20.5. The fourth-order valence-corrected chi connectivity index (χ4v) is 5.95. The Balaban J connectivity index is 0.969. The van der Waals surface area contributed by atoms with E-state index in [1.165, 1.54) is 5.56 Å². The molecule has 42 heavy (non-hydrogen) atoms. The minimum absolute atomic E-state index is 0.137. The molecule has 2 aliphatic rings. The maximum absolute atomic E-state index is 13.0. The number of rotatable bonds is 9.